The molecular weight excluding hydrogens is 244 g/mol. The third-order valence-electron chi connectivity index (χ3n) is 1.89. The molecule has 0 radical (unpaired) electrons. The van der Waals surface area contributed by atoms with E-state index >= 15 is 0 Å². The average molecular weight is 261 g/mol. The summed E-state index contributed by atoms with van der Waals surface area (Å²) in [6.07, 6.45) is 0. The highest BCUT2D eigenvalue weighted by Crippen LogP contribution is 2.22. The largest absolute Gasteiger partial charge is 0.340 e. The number of nitrogens with two attached hydrogens (primary N) is 1. The molecule has 16 heavy (non-hydrogen) atoms. The SMILES string of the molecule is CC(C)N=C(NN)N(C)Cc1ccc(Cl)s1. The number of rotatable bonds is 3. The first-order valence-corrected chi connectivity index (χ1v) is 6.22. The van der Waals surface area contributed by atoms with Crippen LogP contribution in [0.4, 0.5) is 0 Å². The van der Waals surface area contributed by atoms with Gasteiger partial charge in [0.2, 0.25) is 5.96 Å². The van der Waals surface area contributed by atoms with Crippen LogP contribution in [0.5, 0.6) is 0 Å². The van der Waals surface area contributed by atoms with Gasteiger partial charge in [0, 0.05) is 18.0 Å². The van der Waals surface area contributed by atoms with Crippen molar-refractivity contribution in [2.24, 2.45) is 10.8 Å². The zero-order chi connectivity index (χ0) is 12.1. The van der Waals surface area contributed by atoms with Crippen LogP contribution in [0.3, 0.4) is 0 Å². The predicted octanol–water partition coefficient (Wildman–Crippen LogP) is 2.06. The van der Waals surface area contributed by atoms with Crippen LogP contribution in [0, 0.1) is 0 Å². The molecule has 0 aliphatic carbocycles. The lowest BCUT2D eigenvalue weighted by atomic mass is 10.4. The molecule has 0 aromatic carbocycles. The summed E-state index contributed by atoms with van der Waals surface area (Å²) in [5.41, 5.74) is 2.61. The maximum absolute atomic E-state index is 5.87. The number of halogens is 1. The molecule has 1 rings (SSSR count). The Hall–Kier alpha value is -0.780. The monoisotopic (exact) mass is 260 g/mol. The van der Waals surface area contributed by atoms with E-state index < -0.39 is 0 Å². The highest BCUT2D eigenvalue weighted by molar-refractivity contribution is 7.16. The molecule has 0 bridgehead atoms. The molecule has 4 nitrogen and oxygen atoms in total. The fourth-order valence-corrected chi connectivity index (χ4v) is 2.38. The molecule has 1 heterocycles. The van der Waals surface area contributed by atoms with Gasteiger partial charge >= 0.3 is 0 Å². The second kappa shape index (κ2) is 6.08. The van der Waals surface area contributed by atoms with E-state index in [0.717, 1.165) is 10.9 Å². The first kappa shape index (κ1) is 13.3. The number of aliphatic imine (C=N–C) groups is 1. The molecule has 0 saturated carbocycles. The molecule has 0 unspecified atom stereocenters. The number of hydrogen-bond acceptors (Lipinski definition) is 3. The molecule has 0 saturated heterocycles. The van der Waals surface area contributed by atoms with Gasteiger partial charge in [-0.25, -0.2) is 10.8 Å². The van der Waals surface area contributed by atoms with Gasteiger partial charge in [-0.15, -0.1) is 11.3 Å². The minimum absolute atomic E-state index is 0.209. The molecule has 1 aromatic heterocycles. The molecule has 0 fully saturated rings. The van der Waals surface area contributed by atoms with Crippen LogP contribution in [0.2, 0.25) is 4.34 Å². The number of nitrogens with zero attached hydrogens (tertiary/aromatic N) is 2. The Labute approximate surface area is 105 Å². The quantitative estimate of drug-likeness (QED) is 0.379. The van der Waals surface area contributed by atoms with E-state index in [1.807, 2.05) is 37.9 Å². The summed E-state index contributed by atoms with van der Waals surface area (Å²) in [4.78, 5) is 7.52. The van der Waals surface area contributed by atoms with Gasteiger partial charge in [-0.2, -0.15) is 0 Å². The zero-order valence-electron chi connectivity index (χ0n) is 9.70. The topological polar surface area (TPSA) is 53.6 Å². The van der Waals surface area contributed by atoms with Gasteiger partial charge in [-0.1, -0.05) is 11.6 Å². The van der Waals surface area contributed by atoms with Gasteiger partial charge in [-0.05, 0) is 26.0 Å². The molecule has 3 N–H and O–H groups in total. The Morgan fingerprint density at radius 2 is 2.31 bits per heavy atom. The molecule has 0 spiro atoms. The normalized spacial score (nSPS) is 12.0. The Bertz CT molecular complexity index is 361. The summed E-state index contributed by atoms with van der Waals surface area (Å²) >= 11 is 7.43. The first-order chi connectivity index (χ1) is 7.52. The summed E-state index contributed by atoms with van der Waals surface area (Å²) in [5.74, 6) is 6.12. The summed E-state index contributed by atoms with van der Waals surface area (Å²) in [5, 5.41) is 0. The van der Waals surface area contributed by atoms with Crippen molar-refractivity contribution in [1.29, 1.82) is 0 Å². The van der Waals surface area contributed by atoms with E-state index in [2.05, 4.69) is 10.4 Å². The van der Waals surface area contributed by atoms with E-state index in [4.69, 9.17) is 17.4 Å². The standard InChI is InChI=1S/C10H17ClN4S/c1-7(2)13-10(14-12)15(3)6-8-4-5-9(11)16-8/h4-5,7H,6,12H2,1-3H3,(H,13,14). The highest BCUT2D eigenvalue weighted by atomic mass is 35.5. The molecule has 0 aliphatic rings. The van der Waals surface area contributed by atoms with Crippen molar-refractivity contribution >= 4 is 28.9 Å². The van der Waals surface area contributed by atoms with Crippen molar-refractivity contribution in [2.45, 2.75) is 26.4 Å². The highest BCUT2D eigenvalue weighted by Gasteiger charge is 2.08. The molecule has 0 aliphatic heterocycles. The summed E-state index contributed by atoms with van der Waals surface area (Å²) < 4.78 is 0.798. The van der Waals surface area contributed by atoms with Gasteiger partial charge in [-0.3, -0.25) is 5.43 Å². The Morgan fingerprint density at radius 1 is 1.62 bits per heavy atom. The Kier molecular flexibility index (Phi) is 5.05. The molecule has 0 amide bonds. The van der Waals surface area contributed by atoms with Crippen LogP contribution < -0.4 is 11.3 Å². The van der Waals surface area contributed by atoms with Crippen LogP contribution in [-0.4, -0.2) is 23.9 Å². The molecular formula is C10H17ClN4S. The van der Waals surface area contributed by atoms with E-state index in [1.54, 1.807) is 11.3 Å². The molecule has 1 aromatic rings. The first-order valence-electron chi connectivity index (χ1n) is 5.02. The smallest absolute Gasteiger partial charge is 0.208 e. The second-order valence-electron chi connectivity index (χ2n) is 3.75. The van der Waals surface area contributed by atoms with Crippen LogP contribution in [0.15, 0.2) is 17.1 Å². The fourth-order valence-electron chi connectivity index (χ4n) is 1.24. The molecule has 6 heteroatoms. The molecule has 0 atom stereocenters. The van der Waals surface area contributed by atoms with E-state index in [1.165, 1.54) is 4.88 Å². The third-order valence-corrected chi connectivity index (χ3v) is 3.11. The Morgan fingerprint density at radius 3 is 2.75 bits per heavy atom. The minimum atomic E-state index is 0.209. The summed E-state index contributed by atoms with van der Waals surface area (Å²) in [6, 6.07) is 4.11. The maximum Gasteiger partial charge on any atom is 0.208 e. The van der Waals surface area contributed by atoms with E-state index in [-0.39, 0.29) is 6.04 Å². The average Bonchev–Trinajstić information content (AvgIpc) is 2.60. The van der Waals surface area contributed by atoms with Crippen LogP contribution in [-0.2, 0) is 6.54 Å². The number of nitrogens with one attached hydrogen (secondary N) is 1. The number of hydrazine groups is 1. The van der Waals surface area contributed by atoms with Crippen LogP contribution >= 0.6 is 22.9 Å². The van der Waals surface area contributed by atoms with Crippen LogP contribution in [0.25, 0.3) is 0 Å². The molecule has 90 valence electrons. The maximum atomic E-state index is 5.87. The van der Waals surface area contributed by atoms with Gasteiger partial charge in [0.05, 0.1) is 10.9 Å². The zero-order valence-corrected chi connectivity index (χ0v) is 11.3. The Balaban J connectivity index is 2.66. The van der Waals surface area contributed by atoms with Gasteiger partial charge < -0.3 is 4.90 Å². The lowest BCUT2D eigenvalue weighted by Crippen LogP contribution is -2.42. The van der Waals surface area contributed by atoms with Gasteiger partial charge in [0.15, 0.2) is 0 Å². The van der Waals surface area contributed by atoms with Crippen molar-refractivity contribution in [1.82, 2.24) is 10.3 Å². The third kappa shape index (κ3) is 4.00. The van der Waals surface area contributed by atoms with E-state index in [9.17, 15) is 0 Å². The fraction of sp³-hybridized carbons (Fsp3) is 0.500. The lowest BCUT2D eigenvalue weighted by Gasteiger charge is -2.20. The number of thiophene rings is 1. The van der Waals surface area contributed by atoms with Crippen molar-refractivity contribution in [3.05, 3.63) is 21.3 Å². The van der Waals surface area contributed by atoms with Crippen LogP contribution in [0.1, 0.15) is 18.7 Å². The van der Waals surface area contributed by atoms with Crippen molar-refractivity contribution in [2.75, 3.05) is 7.05 Å². The number of guanidine groups is 1. The predicted molar refractivity (Wildman–Crippen MR) is 70.7 cm³/mol. The van der Waals surface area contributed by atoms with Crippen molar-refractivity contribution in [3.63, 3.8) is 0 Å². The van der Waals surface area contributed by atoms with Crippen molar-refractivity contribution < 1.29 is 0 Å². The van der Waals surface area contributed by atoms with Gasteiger partial charge in [0.25, 0.3) is 0 Å². The second-order valence-corrected chi connectivity index (χ2v) is 5.55. The van der Waals surface area contributed by atoms with E-state index in [0.29, 0.717) is 5.96 Å². The number of hydrogen-bond donors (Lipinski definition) is 2. The summed E-state index contributed by atoms with van der Waals surface area (Å²) in [6.45, 7) is 4.76. The minimum Gasteiger partial charge on any atom is -0.340 e. The van der Waals surface area contributed by atoms with Crippen molar-refractivity contribution in [3.8, 4) is 0 Å². The summed E-state index contributed by atoms with van der Waals surface area (Å²) in [7, 11) is 1.94. The lowest BCUT2D eigenvalue weighted by molar-refractivity contribution is 0.478. The van der Waals surface area contributed by atoms with Gasteiger partial charge in [0.1, 0.15) is 0 Å².